The predicted molar refractivity (Wildman–Crippen MR) is 73.6 cm³/mol. The van der Waals surface area contributed by atoms with Crippen LogP contribution in [0, 0.1) is 0 Å². The molecular formula is C15H23NO2. The summed E-state index contributed by atoms with van der Waals surface area (Å²) in [6.45, 7) is 5.06. The predicted octanol–water partition coefficient (Wildman–Crippen LogP) is 2.72. The normalized spacial score (nSPS) is 13.9. The Morgan fingerprint density at radius 3 is 2.56 bits per heavy atom. The molecule has 0 spiro atoms. The van der Waals surface area contributed by atoms with E-state index in [-0.39, 0.29) is 12.0 Å². The quantitative estimate of drug-likeness (QED) is 0.755. The van der Waals surface area contributed by atoms with E-state index in [1.54, 1.807) is 0 Å². The summed E-state index contributed by atoms with van der Waals surface area (Å²) < 4.78 is 4.84. The zero-order valence-electron chi connectivity index (χ0n) is 11.5. The van der Waals surface area contributed by atoms with Gasteiger partial charge in [0, 0.05) is 0 Å². The van der Waals surface area contributed by atoms with Gasteiger partial charge in [0.2, 0.25) is 0 Å². The van der Waals surface area contributed by atoms with Gasteiger partial charge in [-0.25, -0.2) is 0 Å². The third-order valence-corrected chi connectivity index (χ3v) is 3.08. The lowest BCUT2D eigenvalue weighted by molar-refractivity contribution is -0.143. The number of methoxy groups -OCH3 is 1. The highest BCUT2D eigenvalue weighted by Gasteiger charge is 2.21. The van der Waals surface area contributed by atoms with Gasteiger partial charge in [0.15, 0.2) is 0 Å². The molecule has 1 aromatic carbocycles. The molecule has 0 radical (unpaired) electrons. The minimum absolute atomic E-state index is 0.175. The Morgan fingerprint density at radius 2 is 2.00 bits per heavy atom. The fourth-order valence-corrected chi connectivity index (χ4v) is 1.99. The second-order valence-corrected chi connectivity index (χ2v) is 4.58. The van der Waals surface area contributed by atoms with Crippen molar-refractivity contribution in [1.29, 1.82) is 0 Å². The number of rotatable bonds is 7. The van der Waals surface area contributed by atoms with E-state index in [4.69, 9.17) is 4.74 Å². The summed E-state index contributed by atoms with van der Waals surface area (Å²) in [4.78, 5) is 11.7. The van der Waals surface area contributed by atoms with Crippen molar-refractivity contribution >= 4 is 5.97 Å². The van der Waals surface area contributed by atoms with Crippen molar-refractivity contribution in [3.8, 4) is 0 Å². The van der Waals surface area contributed by atoms with Gasteiger partial charge >= 0.3 is 5.97 Å². The molecule has 2 atom stereocenters. The van der Waals surface area contributed by atoms with Gasteiger partial charge in [0.25, 0.3) is 0 Å². The molecule has 0 amide bonds. The Morgan fingerprint density at radius 1 is 1.33 bits per heavy atom. The summed E-state index contributed by atoms with van der Waals surface area (Å²) in [6, 6.07) is 10.0. The maximum atomic E-state index is 11.7. The SMILES string of the molecule is CCCNC(CC(C)c1ccccc1)C(=O)OC. The molecule has 1 aromatic rings. The summed E-state index contributed by atoms with van der Waals surface area (Å²) >= 11 is 0. The molecule has 0 heterocycles. The number of hydrogen-bond donors (Lipinski definition) is 1. The highest BCUT2D eigenvalue weighted by atomic mass is 16.5. The van der Waals surface area contributed by atoms with Crippen LogP contribution in [0.2, 0.25) is 0 Å². The maximum absolute atomic E-state index is 11.7. The van der Waals surface area contributed by atoms with Crippen molar-refractivity contribution in [2.45, 2.75) is 38.6 Å². The Kier molecular flexibility index (Phi) is 6.44. The number of esters is 1. The zero-order valence-corrected chi connectivity index (χ0v) is 11.5. The van der Waals surface area contributed by atoms with E-state index in [1.807, 2.05) is 18.2 Å². The van der Waals surface area contributed by atoms with Crippen molar-refractivity contribution in [1.82, 2.24) is 5.32 Å². The number of benzene rings is 1. The van der Waals surface area contributed by atoms with Crippen LogP contribution in [-0.2, 0) is 9.53 Å². The van der Waals surface area contributed by atoms with Crippen LogP contribution in [0.25, 0.3) is 0 Å². The molecule has 0 saturated heterocycles. The van der Waals surface area contributed by atoms with Gasteiger partial charge in [0.05, 0.1) is 7.11 Å². The lowest BCUT2D eigenvalue weighted by Crippen LogP contribution is -2.39. The van der Waals surface area contributed by atoms with Crippen LogP contribution in [0.1, 0.15) is 38.2 Å². The summed E-state index contributed by atoms with van der Waals surface area (Å²) in [5.74, 6) is 0.158. The van der Waals surface area contributed by atoms with Gasteiger partial charge in [0.1, 0.15) is 6.04 Å². The largest absolute Gasteiger partial charge is 0.468 e. The second kappa shape index (κ2) is 7.88. The molecule has 0 aliphatic heterocycles. The molecule has 0 saturated carbocycles. The van der Waals surface area contributed by atoms with E-state index >= 15 is 0 Å². The lowest BCUT2D eigenvalue weighted by atomic mass is 9.94. The molecular weight excluding hydrogens is 226 g/mol. The van der Waals surface area contributed by atoms with E-state index in [2.05, 4.69) is 31.3 Å². The summed E-state index contributed by atoms with van der Waals surface area (Å²) in [7, 11) is 1.44. The number of carbonyl (C=O) groups is 1. The van der Waals surface area contributed by atoms with Crippen LogP contribution in [0.5, 0.6) is 0 Å². The van der Waals surface area contributed by atoms with Gasteiger partial charge in [-0.3, -0.25) is 4.79 Å². The summed E-state index contributed by atoms with van der Waals surface area (Å²) in [5.41, 5.74) is 1.25. The van der Waals surface area contributed by atoms with E-state index < -0.39 is 0 Å². The Balaban J connectivity index is 2.62. The highest BCUT2D eigenvalue weighted by Crippen LogP contribution is 2.20. The van der Waals surface area contributed by atoms with Crippen molar-refractivity contribution in [2.75, 3.05) is 13.7 Å². The summed E-state index contributed by atoms with van der Waals surface area (Å²) in [5, 5.41) is 3.25. The Hall–Kier alpha value is -1.35. The zero-order chi connectivity index (χ0) is 13.4. The topological polar surface area (TPSA) is 38.3 Å². The van der Waals surface area contributed by atoms with E-state index in [1.165, 1.54) is 12.7 Å². The first-order chi connectivity index (χ1) is 8.69. The molecule has 0 aliphatic carbocycles. The number of carbonyl (C=O) groups excluding carboxylic acids is 1. The maximum Gasteiger partial charge on any atom is 0.322 e. The van der Waals surface area contributed by atoms with Crippen molar-refractivity contribution in [3.63, 3.8) is 0 Å². The van der Waals surface area contributed by atoms with Gasteiger partial charge in [-0.2, -0.15) is 0 Å². The van der Waals surface area contributed by atoms with Gasteiger partial charge in [-0.1, -0.05) is 44.2 Å². The fourth-order valence-electron chi connectivity index (χ4n) is 1.99. The molecule has 3 nitrogen and oxygen atoms in total. The first kappa shape index (κ1) is 14.7. The van der Waals surface area contributed by atoms with Crippen LogP contribution < -0.4 is 5.32 Å². The van der Waals surface area contributed by atoms with Gasteiger partial charge < -0.3 is 10.1 Å². The number of nitrogens with one attached hydrogen (secondary N) is 1. The fraction of sp³-hybridized carbons (Fsp3) is 0.533. The first-order valence-corrected chi connectivity index (χ1v) is 6.55. The summed E-state index contributed by atoms with van der Waals surface area (Å²) in [6.07, 6.45) is 1.77. The second-order valence-electron chi connectivity index (χ2n) is 4.58. The van der Waals surface area contributed by atoms with Crippen molar-refractivity contribution < 1.29 is 9.53 Å². The Bertz CT molecular complexity index is 351. The first-order valence-electron chi connectivity index (χ1n) is 6.55. The molecule has 1 rings (SSSR count). The lowest BCUT2D eigenvalue weighted by Gasteiger charge is -2.20. The van der Waals surface area contributed by atoms with Crippen LogP contribution in [0.3, 0.4) is 0 Å². The molecule has 18 heavy (non-hydrogen) atoms. The minimum Gasteiger partial charge on any atom is -0.468 e. The molecule has 0 aliphatic rings. The van der Waals surface area contributed by atoms with Crippen LogP contribution in [-0.4, -0.2) is 25.7 Å². The molecule has 3 heteroatoms. The molecule has 2 unspecified atom stereocenters. The molecule has 100 valence electrons. The Labute approximate surface area is 110 Å². The molecule has 0 aromatic heterocycles. The van der Waals surface area contributed by atoms with E-state index in [9.17, 15) is 4.79 Å². The van der Waals surface area contributed by atoms with E-state index in [0.29, 0.717) is 5.92 Å². The smallest absolute Gasteiger partial charge is 0.322 e. The van der Waals surface area contributed by atoms with Crippen LogP contribution >= 0.6 is 0 Å². The monoisotopic (exact) mass is 249 g/mol. The van der Waals surface area contributed by atoms with Gasteiger partial charge in [-0.05, 0) is 30.9 Å². The van der Waals surface area contributed by atoms with Gasteiger partial charge in [-0.15, -0.1) is 0 Å². The highest BCUT2D eigenvalue weighted by molar-refractivity contribution is 5.75. The molecule has 1 N–H and O–H groups in total. The third-order valence-electron chi connectivity index (χ3n) is 3.08. The minimum atomic E-state index is -0.217. The van der Waals surface area contributed by atoms with Crippen molar-refractivity contribution in [2.24, 2.45) is 0 Å². The van der Waals surface area contributed by atoms with E-state index in [0.717, 1.165) is 19.4 Å². The number of ether oxygens (including phenoxy) is 1. The molecule has 0 fully saturated rings. The van der Waals surface area contributed by atoms with Crippen molar-refractivity contribution in [3.05, 3.63) is 35.9 Å². The third kappa shape index (κ3) is 4.49. The average molecular weight is 249 g/mol. The standard InChI is InChI=1S/C15H23NO2/c1-4-10-16-14(15(17)18-3)11-12(2)13-8-6-5-7-9-13/h5-9,12,14,16H,4,10-11H2,1-3H3. The molecule has 0 bridgehead atoms. The van der Waals surface area contributed by atoms with Crippen LogP contribution in [0.4, 0.5) is 0 Å². The number of hydrogen-bond acceptors (Lipinski definition) is 3. The average Bonchev–Trinajstić information content (AvgIpc) is 2.43. The van der Waals surface area contributed by atoms with Crippen LogP contribution in [0.15, 0.2) is 30.3 Å².